The minimum Gasteiger partial charge on any atom is -0.370 e. The van der Waals surface area contributed by atoms with Crippen LogP contribution < -0.4 is 0 Å². The van der Waals surface area contributed by atoms with Crippen LogP contribution in [0.2, 0.25) is 5.02 Å². The monoisotopic (exact) mass is 335 g/mol. The predicted octanol–water partition coefficient (Wildman–Crippen LogP) is 3.93. The van der Waals surface area contributed by atoms with E-state index in [9.17, 15) is 4.79 Å². The van der Waals surface area contributed by atoms with Crippen LogP contribution in [0.15, 0.2) is 41.8 Å². The Morgan fingerprint density at radius 1 is 1.32 bits per heavy atom. The average Bonchev–Trinajstić information content (AvgIpc) is 3.06. The summed E-state index contributed by atoms with van der Waals surface area (Å²) in [6.07, 6.45) is 1.23. The standard InChI is InChI=1S/C17H18ClNO2S/c18-15-6-2-1-5-14(15)16-12-19(9-10-21-16)17(20)8-7-13-4-3-11-22-13/h1-6,11,16H,7-10,12H2. The molecule has 3 rings (SSSR count). The van der Waals surface area contributed by atoms with E-state index in [4.69, 9.17) is 16.3 Å². The first kappa shape index (κ1) is 15.5. The normalized spacial score (nSPS) is 18.4. The van der Waals surface area contributed by atoms with E-state index in [1.54, 1.807) is 11.3 Å². The highest BCUT2D eigenvalue weighted by molar-refractivity contribution is 7.09. The molecule has 1 aliphatic rings. The van der Waals surface area contributed by atoms with Gasteiger partial charge < -0.3 is 9.64 Å². The maximum atomic E-state index is 12.4. The number of amides is 1. The maximum absolute atomic E-state index is 12.4. The van der Waals surface area contributed by atoms with Gasteiger partial charge in [-0.25, -0.2) is 0 Å². The van der Waals surface area contributed by atoms with Crippen LogP contribution in [0.5, 0.6) is 0 Å². The zero-order valence-electron chi connectivity index (χ0n) is 12.2. The molecule has 2 aromatic rings. The SMILES string of the molecule is O=C(CCc1cccs1)N1CCOC(c2ccccc2Cl)C1. The first-order valence-electron chi connectivity index (χ1n) is 7.40. The van der Waals surface area contributed by atoms with Crippen molar-refractivity contribution in [3.05, 3.63) is 57.2 Å². The Bertz CT molecular complexity index is 629. The largest absolute Gasteiger partial charge is 0.370 e. The fraction of sp³-hybridized carbons (Fsp3) is 0.353. The van der Waals surface area contributed by atoms with Crippen molar-refractivity contribution in [2.24, 2.45) is 0 Å². The predicted molar refractivity (Wildman–Crippen MR) is 89.4 cm³/mol. The molecule has 0 N–H and O–H groups in total. The zero-order chi connectivity index (χ0) is 15.4. The number of aryl methyl sites for hydroxylation is 1. The minimum atomic E-state index is -0.131. The lowest BCUT2D eigenvalue weighted by Gasteiger charge is -2.33. The van der Waals surface area contributed by atoms with Gasteiger partial charge in [-0.2, -0.15) is 0 Å². The Labute approximate surface area is 139 Å². The Morgan fingerprint density at radius 2 is 2.18 bits per heavy atom. The number of carbonyl (C=O) groups excluding carboxylic acids is 1. The highest BCUT2D eigenvalue weighted by Gasteiger charge is 2.26. The molecule has 1 amide bonds. The summed E-state index contributed by atoms with van der Waals surface area (Å²) in [4.78, 5) is 15.5. The summed E-state index contributed by atoms with van der Waals surface area (Å²) in [7, 11) is 0. The summed E-state index contributed by atoms with van der Waals surface area (Å²) >= 11 is 7.93. The molecule has 1 aromatic heterocycles. The molecule has 1 unspecified atom stereocenters. The fourth-order valence-electron chi connectivity index (χ4n) is 2.64. The van der Waals surface area contributed by atoms with Gasteiger partial charge in [0.05, 0.1) is 13.2 Å². The first-order valence-corrected chi connectivity index (χ1v) is 8.66. The van der Waals surface area contributed by atoms with Crippen molar-refractivity contribution in [3.63, 3.8) is 0 Å². The minimum absolute atomic E-state index is 0.131. The molecule has 0 saturated carbocycles. The molecule has 2 heterocycles. The van der Waals surface area contributed by atoms with Gasteiger partial charge in [-0.15, -0.1) is 11.3 Å². The number of hydrogen-bond donors (Lipinski definition) is 0. The third-order valence-electron chi connectivity index (χ3n) is 3.84. The van der Waals surface area contributed by atoms with Crippen molar-refractivity contribution < 1.29 is 9.53 Å². The number of nitrogens with zero attached hydrogens (tertiary/aromatic N) is 1. The van der Waals surface area contributed by atoms with Crippen LogP contribution in [0, 0.1) is 0 Å². The Balaban J connectivity index is 1.60. The van der Waals surface area contributed by atoms with Gasteiger partial charge in [0, 0.05) is 28.4 Å². The number of benzene rings is 1. The van der Waals surface area contributed by atoms with Crippen LogP contribution in [0.3, 0.4) is 0 Å². The van der Waals surface area contributed by atoms with Crippen LogP contribution >= 0.6 is 22.9 Å². The summed E-state index contributed by atoms with van der Waals surface area (Å²) < 4.78 is 5.80. The molecule has 0 spiro atoms. The Kier molecular flexibility index (Phi) is 5.13. The first-order chi connectivity index (χ1) is 10.7. The number of halogens is 1. The number of thiophene rings is 1. The molecular weight excluding hydrogens is 318 g/mol. The molecule has 116 valence electrons. The highest BCUT2D eigenvalue weighted by atomic mass is 35.5. The van der Waals surface area contributed by atoms with Crippen LogP contribution in [0.4, 0.5) is 0 Å². The maximum Gasteiger partial charge on any atom is 0.223 e. The molecule has 0 aliphatic carbocycles. The van der Waals surface area contributed by atoms with Crippen molar-refractivity contribution in [1.29, 1.82) is 0 Å². The van der Waals surface area contributed by atoms with Crippen molar-refractivity contribution >= 4 is 28.8 Å². The van der Waals surface area contributed by atoms with E-state index in [1.807, 2.05) is 40.6 Å². The molecule has 0 bridgehead atoms. The van der Waals surface area contributed by atoms with Gasteiger partial charge in [0.2, 0.25) is 5.91 Å². The quantitative estimate of drug-likeness (QED) is 0.847. The van der Waals surface area contributed by atoms with E-state index in [1.165, 1.54) is 4.88 Å². The van der Waals surface area contributed by atoms with Gasteiger partial charge in [-0.1, -0.05) is 35.9 Å². The number of rotatable bonds is 4. The summed E-state index contributed by atoms with van der Waals surface area (Å²) in [6.45, 7) is 1.79. The molecule has 1 fully saturated rings. The zero-order valence-corrected chi connectivity index (χ0v) is 13.8. The van der Waals surface area contributed by atoms with E-state index < -0.39 is 0 Å². The fourth-order valence-corrected chi connectivity index (χ4v) is 3.61. The Hall–Kier alpha value is -1.36. The molecular formula is C17H18ClNO2S. The van der Waals surface area contributed by atoms with Crippen molar-refractivity contribution in [2.75, 3.05) is 19.7 Å². The third kappa shape index (κ3) is 3.69. The van der Waals surface area contributed by atoms with Gasteiger partial charge in [0.1, 0.15) is 6.10 Å². The molecule has 1 saturated heterocycles. The summed E-state index contributed by atoms with van der Waals surface area (Å²) in [5.41, 5.74) is 0.958. The summed E-state index contributed by atoms with van der Waals surface area (Å²) in [5.74, 6) is 0.189. The van der Waals surface area contributed by atoms with Gasteiger partial charge in [0.15, 0.2) is 0 Å². The lowest BCUT2D eigenvalue weighted by molar-refractivity contribution is -0.139. The van der Waals surface area contributed by atoms with E-state index in [2.05, 4.69) is 6.07 Å². The number of ether oxygens (including phenoxy) is 1. The second kappa shape index (κ2) is 7.27. The smallest absolute Gasteiger partial charge is 0.223 e. The van der Waals surface area contributed by atoms with Crippen LogP contribution in [-0.2, 0) is 16.0 Å². The molecule has 1 atom stereocenters. The summed E-state index contributed by atoms with van der Waals surface area (Å²) in [6, 6.07) is 11.8. The van der Waals surface area contributed by atoms with Crippen LogP contribution in [0.1, 0.15) is 23.0 Å². The molecule has 22 heavy (non-hydrogen) atoms. The molecule has 3 nitrogen and oxygen atoms in total. The number of hydrogen-bond acceptors (Lipinski definition) is 3. The lowest BCUT2D eigenvalue weighted by Crippen LogP contribution is -2.42. The van der Waals surface area contributed by atoms with Crippen LogP contribution in [-0.4, -0.2) is 30.5 Å². The van der Waals surface area contributed by atoms with E-state index in [0.29, 0.717) is 31.1 Å². The Morgan fingerprint density at radius 3 is 2.95 bits per heavy atom. The van der Waals surface area contributed by atoms with E-state index >= 15 is 0 Å². The second-order valence-corrected chi connectivity index (χ2v) is 6.74. The molecule has 5 heteroatoms. The average molecular weight is 336 g/mol. The summed E-state index contributed by atoms with van der Waals surface area (Å²) in [5, 5.41) is 2.74. The van der Waals surface area contributed by atoms with E-state index in [-0.39, 0.29) is 12.0 Å². The highest BCUT2D eigenvalue weighted by Crippen LogP contribution is 2.28. The van der Waals surface area contributed by atoms with Gasteiger partial charge in [-0.3, -0.25) is 4.79 Å². The van der Waals surface area contributed by atoms with Crippen molar-refractivity contribution in [2.45, 2.75) is 18.9 Å². The van der Waals surface area contributed by atoms with Crippen molar-refractivity contribution in [1.82, 2.24) is 4.90 Å². The van der Waals surface area contributed by atoms with Gasteiger partial charge in [-0.05, 0) is 23.9 Å². The van der Waals surface area contributed by atoms with E-state index in [0.717, 1.165) is 12.0 Å². The third-order valence-corrected chi connectivity index (χ3v) is 5.12. The molecule has 0 radical (unpaired) electrons. The number of carbonyl (C=O) groups is 1. The number of morpholine rings is 1. The van der Waals surface area contributed by atoms with Crippen molar-refractivity contribution in [3.8, 4) is 0 Å². The molecule has 1 aliphatic heterocycles. The van der Waals surface area contributed by atoms with Crippen LogP contribution in [0.25, 0.3) is 0 Å². The molecule has 1 aromatic carbocycles. The lowest BCUT2D eigenvalue weighted by atomic mass is 10.1. The van der Waals surface area contributed by atoms with Gasteiger partial charge >= 0.3 is 0 Å². The van der Waals surface area contributed by atoms with Gasteiger partial charge in [0.25, 0.3) is 0 Å². The topological polar surface area (TPSA) is 29.5 Å². The second-order valence-electron chi connectivity index (χ2n) is 5.30.